The number of rotatable bonds is 7. The molecule has 1 fully saturated rings. The number of pyridine rings is 1. The van der Waals surface area contributed by atoms with Gasteiger partial charge in [0.1, 0.15) is 17.9 Å². The van der Waals surface area contributed by atoms with E-state index in [1.54, 1.807) is 0 Å². The molecule has 154 valence electrons. The summed E-state index contributed by atoms with van der Waals surface area (Å²) in [6.45, 7) is 3.22. The molecule has 0 aliphatic carbocycles. The number of carbonyl (C=O) groups excluding carboxylic acids is 1. The third kappa shape index (κ3) is 4.04. The first-order valence-corrected chi connectivity index (χ1v) is 10.2. The van der Waals surface area contributed by atoms with Gasteiger partial charge >= 0.3 is 0 Å². The Balaban J connectivity index is 1.44. The average Bonchev–Trinajstić information content (AvgIpc) is 3.13. The van der Waals surface area contributed by atoms with E-state index in [9.17, 15) is 9.90 Å². The molecule has 8 heteroatoms. The van der Waals surface area contributed by atoms with E-state index in [-0.39, 0.29) is 12.5 Å². The van der Waals surface area contributed by atoms with Gasteiger partial charge in [-0.2, -0.15) is 0 Å². The molecule has 4 rings (SSSR count). The second kappa shape index (κ2) is 8.75. The third-order valence-corrected chi connectivity index (χ3v) is 5.47. The summed E-state index contributed by atoms with van der Waals surface area (Å²) in [5.74, 6) is 1.18. The van der Waals surface area contributed by atoms with Crippen LogP contribution in [0.25, 0.3) is 21.9 Å². The van der Waals surface area contributed by atoms with Crippen LogP contribution in [0.4, 0.5) is 5.82 Å². The molecule has 0 atom stereocenters. The first kappa shape index (κ1) is 19.6. The number of nitrogens with two attached hydrogens (primary N) is 1. The molecule has 1 saturated heterocycles. The molecule has 0 saturated carbocycles. The van der Waals surface area contributed by atoms with Crippen molar-refractivity contribution in [2.45, 2.75) is 38.8 Å². The molecule has 1 aliphatic rings. The van der Waals surface area contributed by atoms with Crippen LogP contribution in [0.1, 0.15) is 31.5 Å². The molecule has 0 radical (unpaired) electrons. The highest BCUT2D eigenvalue weighted by Gasteiger charge is 2.18. The van der Waals surface area contributed by atoms with Crippen LogP contribution in [0.15, 0.2) is 24.3 Å². The fraction of sp³-hybridized carbons (Fsp3) is 0.476. The topological polar surface area (TPSA) is 106 Å². The number of imidazole rings is 1. The summed E-state index contributed by atoms with van der Waals surface area (Å²) in [4.78, 5) is 23.1. The maximum atomic E-state index is 12.3. The summed E-state index contributed by atoms with van der Waals surface area (Å²) in [5.41, 5.74) is 8.49. The summed E-state index contributed by atoms with van der Waals surface area (Å²) in [7, 11) is 0. The lowest BCUT2D eigenvalue weighted by molar-refractivity contribution is -0.135. The number of nitrogen functional groups attached to an aromatic ring is 1. The molecule has 3 heterocycles. The van der Waals surface area contributed by atoms with Crippen LogP contribution in [0, 0.1) is 0 Å². The fourth-order valence-electron chi connectivity index (χ4n) is 3.96. The Morgan fingerprint density at radius 3 is 2.72 bits per heavy atom. The van der Waals surface area contributed by atoms with Gasteiger partial charge in [-0.05, 0) is 18.9 Å². The highest BCUT2D eigenvalue weighted by molar-refractivity contribution is 6.06. The maximum Gasteiger partial charge on any atom is 0.222 e. The van der Waals surface area contributed by atoms with E-state index in [1.807, 2.05) is 33.7 Å². The third-order valence-electron chi connectivity index (χ3n) is 5.47. The van der Waals surface area contributed by atoms with Crippen molar-refractivity contribution < 1.29 is 14.6 Å². The molecule has 1 aromatic carbocycles. The van der Waals surface area contributed by atoms with Gasteiger partial charge in [-0.15, -0.1) is 0 Å². The van der Waals surface area contributed by atoms with E-state index >= 15 is 0 Å². The maximum absolute atomic E-state index is 12.3. The van der Waals surface area contributed by atoms with Crippen LogP contribution < -0.4 is 5.73 Å². The Labute approximate surface area is 169 Å². The molecular formula is C21H27N5O3. The number of aromatic nitrogens is 3. The van der Waals surface area contributed by atoms with E-state index < -0.39 is 0 Å². The second-order valence-corrected chi connectivity index (χ2v) is 7.35. The van der Waals surface area contributed by atoms with Crippen molar-refractivity contribution in [3.63, 3.8) is 0 Å². The van der Waals surface area contributed by atoms with Gasteiger partial charge in [-0.3, -0.25) is 4.79 Å². The number of benzene rings is 1. The smallest absolute Gasteiger partial charge is 0.222 e. The second-order valence-electron chi connectivity index (χ2n) is 7.35. The Morgan fingerprint density at radius 2 is 1.93 bits per heavy atom. The van der Waals surface area contributed by atoms with Gasteiger partial charge in [0.25, 0.3) is 0 Å². The normalized spacial score (nSPS) is 14.7. The van der Waals surface area contributed by atoms with E-state index in [1.165, 1.54) is 0 Å². The van der Waals surface area contributed by atoms with Gasteiger partial charge in [-0.1, -0.05) is 24.6 Å². The van der Waals surface area contributed by atoms with E-state index in [0.717, 1.165) is 35.7 Å². The van der Waals surface area contributed by atoms with Crippen LogP contribution in [-0.4, -0.2) is 56.8 Å². The zero-order valence-electron chi connectivity index (χ0n) is 16.5. The van der Waals surface area contributed by atoms with Gasteiger partial charge in [-0.25, -0.2) is 9.97 Å². The van der Waals surface area contributed by atoms with Crippen LogP contribution in [0.3, 0.4) is 0 Å². The monoisotopic (exact) mass is 397 g/mol. The number of morpholine rings is 1. The number of hydrogen-bond donors (Lipinski definition) is 2. The lowest BCUT2D eigenvalue weighted by atomic mass is 10.1. The van der Waals surface area contributed by atoms with Crippen molar-refractivity contribution in [2.75, 3.05) is 32.0 Å². The first-order valence-electron chi connectivity index (χ1n) is 10.2. The molecule has 0 spiro atoms. The number of hydrogen-bond acceptors (Lipinski definition) is 6. The zero-order valence-corrected chi connectivity index (χ0v) is 16.5. The van der Waals surface area contributed by atoms with Crippen molar-refractivity contribution >= 4 is 33.7 Å². The molecule has 1 amide bonds. The summed E-state index contributed by atoms with van der Waals surface area (Å²) in [5, 5.41) is 10.8. The molecule has 29 heavy (non-hydrogen) atoms. The number of carbonyl (C=O) groups is 1. The highest BCUT2D eigenvalue weighted by atomic mass is 16.5. The minimum atomic E-state index is -0.155. The van der Waals surface area contributed by atoms with Crippen molar-refractivity contribution in [2.24, 2.45) is 0 Å². The number of aliphatic hydroxyl groups is 1. The van der Waals surface area contributed by atoms with Gasteiger partial charge in [0.15, 0.2) is 5.82 Å². The van der Waals surface area contributed by atoms with Crippen molar-refractivity contribution in [1.82, 2.24) is 19.4 Å². The SMILES string of the molecule is Nc1nc2ccccc2c2c1nc(CO)n2CCCCCC(=O)N1CCOCC1. The van der Waals surface area contributed by atoms with E-state index in [2.05, 4.69) is 9.97 Å². The Kier molecular flexibility index (Phi) is 5.92. The zero-order chi connectivity index (χ0) is 20.2. The molecule has 0 bridgehead atoms. The summed E-state index contributed by atoms with van der Waals surface area (Å²) >= 11 is 0. The summed E-state index contributed by atoms with van der Waals surface area (Å²) < 4.78 is 7.33. The van der Waals surface area contributed by atoms with Crippen molar-refractivity contribution in [1.29, 1.82) is 0 Å². The van der Waals surface area contributed by atoms with Gasteiger partial charge in [0.2, 0.25) is 5.91 Å². The lowest BCUT2D eigenvalue weighted by Gasteiger charge is -2.26. The minimum Gasteiger partial charge on any atom is -0.388 e. The number of fused-ring (bicyclic) bond motifs is 3. The number of aliphatic hydroxyl groups excluding tert-OH is 1. The van der Waals surface area contributed by atoms with Gasteiger partial charge in [0.05, 0.1) is 24.2 Å². The molecule has 3 N–H and O–H groups in total. The Bertz CT molecular complexity index is 1010. The largest absolute Gasteiger partial charge is 0.388 e. The predicted molar refractivity (Wildman–Crippen MR) is 111 cm³/mol. The number of amides is 1. The van der Waals surface area contributed by atoms with Crippen LogP contribution in [0.5, 0.6) is 0 Å². The summed E-state index contributed by atoms with van der Waals surface area (Å²) in [6.07, 6.45) is 3.24. The molecular weight excluding hydrogens is 370 g/mol. The fourth-order valence-corrected chi connectivity index (χ4v) is 3.96. The van der Waals surface area contributed by atoms with E-state index in [0.29, 0.717) is 56.4 Å². The Hall–Kier alpha value is -2.71. The number of unbranched alkanes of at least 4 members (excludes halogenated alkanes) is 2. The molecule has 3 aromatic rings. The predicted octanol–water partition coefficient (Wildman–Crippen LogP) is 2.08. The Morgan fingerprint density at radius 1 is 1.14 bits per heavy atom. The van der Waals surface area contributed by atoms with E-state index in [4.69, 9.17) is 10.5 Å². The molecule has 8 nitrogen and oxygen atoms in total. The lowest BCUT2D eigenvalue weighted by Crippen LogP contribution is -2.40. The highest BCUT2D eigenvalue weighted by Crippen LogP contribution is 2.29. The number of anilines is 1. The molecule has 2 aromatic heterocycles. The first-order chi connectivity index (χ1) is 14.2. The number of aryl methyl sites for hydroxylation is 1. The number of ether oxygens (including phenoxy) is 1. The van der Waals surface area contributed by atoms with Crippen LogP contribution in [0.2, 0.25) is 0 Å². The average molecular weight is 397 g/mol. The van der Waals surface area contributed by atoms with Gasteiger partial charge < -0.3 is 25.0 Å². The summed E-state index contributed by atoms with van der Waals surface area (Å²) in [6, 6.07) is 7.83. The van der Waals surface area contributed by atoms with Gasteiger partial charge in [0, 0.05) is 31.4 Å². The van der Waals surface area contributed by atoms with Crippen molar-refractivity contribution in [3.05, 3.63) is 30.1 Å². The standard InChI is InChI=1S/C21H27N5O3/c22-21-19-20(15-6-3-4-7-16(15)23-21)26(17(14-27)24-19)9-5-1-2-8-18(28)25-10-12-29-13-11-25/h3-4,6-7,27H,1-2,5,8-14H2,(H2,22,23). The quantitative estimate of drug-likeness (QED) is 0.591. The molecule has 0 unspecified atom stereocenters. The minimum absolute atomic E-state index is 0.155. The van der Waals surface area contributed by atoms with Crippen LogP contribution >= 0.6 is 0 Å². The number of para-hydroxylation sites is 1. The molecule has 1 aliphatic heterocycles. The number of nitrogens with zero attached hydrogens (tertiary/aromatic N) is 4. The van der Waals surface area contributed by atoms with Crippen LogP contribution in [-0.2, 0) is 22.7 Å². The van der Waals surface area contributed by atoms with Crippen molar-refractivity contribution in [3.8, 4) is 0 Å².